The molecule has 0 bridgehead atoms. The van der Waals surface area contributed by atoms with E-state index in [0.717, 1.165) is 72.5 Å². The number of likely N-dealkylation sites (tertiary alicyclic amines) is 1. The van der Waals surface area contributed by atoms with Crippen molar-refractivity contribution in [2.45, 2.75) is 25.7 Å². The molecule has 3 aromatic rings. The van der Waals surface area contributed by atoms with Crippen LogP contribution in [0.5, 0.6) is 0 Å². The second-order valence-corrected chi connectivity index (χ2v) is 9.44. The van der Waals surface area contributed by atoms with Gasteiger partial charge in [-0.2, -0.15) is 9.61 Å². The highest BCUT2D eigenvalue weighted by Gasteiger charge is 2.35. The highest BCUT2D eigenvalue weighted by Crippen LogP contribution is 2.33. The quantitative estimate of drug-likeness (QED) is 0.556. The molecule has 30 heavy (non-hydrogen) atoms. The third-order valence-corrected chi connectivity index (χ3v) is 6.80. The number of rotatable bonds is 5. The Morgan fingerprint density at radius 3 is 2.90 bits per heavy atom. The van der Waals surface area contributed by atoms with Gasteiger partial charge in [0.1, 0.15) is 5.82 Å². The Labute approximate surface area is 188 Å². The molecule has 1 aromatic carbocycles. The fraction of sp³-hybridized carbons (Fsp3) is 0.409. The van der Waals surface area contributed by atoms with Crippen LogP contribution in [0.1, 0.15) is 25.7 Å². The second-order valence-electron chi connectivity index (χ2n) is 8.18. The van der Waals surface area contributed by atoms with Crippen molar-refractivity contribution in [2.75, 3.05) is 25.0 Å². The summed E-state index contributed by atoms with van der Waals surface area (Å²) >= 11 is 9.97. The van der Waals surface area contributed by atoms with Crippen LogP contribution in [0.3, 0.4) is 0 Å². The molecule has 2 aromatic heterocycles. The van der Waals surface area contributed by atoms with Crippen LogP contribution in [0.2, 0.25) is 5.02 Å². The molecular formula is C22H23BrClN5O. The van der Waals surface area contributed by atoms with E-state index in [1.54, 1.807) is 10.7 Å². The van der Waals surface area contributed by atoms with Crippen LogP contribution in [0.4, 0.5) is 5.82 Å². The molecule has 1 atom stereocenters. The number of nitrogens with zero attached hydrogens (tertiary/aromatic N) is 4. The van der Waals surface area contributed by atoms with E-state index >= 15 is 0 Å². The molecule has 1 N–H and O–H groups in total. The first-order chi connectivity index (χ1) is 14.6. The number of benzene rings is 1. The van der Waals surface area contributed by atoms with Crippen LogP contribution in [-0.2, 0) is 4.79 Å². The molecule has 1 amide bonds. The molecule has 6 nitrogen and oxygen atoms in total. The van der Waals surface area contributed by atoms with Gasteiger partial charge in [-0.3, -0.25) is 4.79 Å². The van der Waals surface area contributed by atoms with E-state index in [1.165, 1.54) is 0 Å². The van der Waals surface area contributed by atoms with Crippen LogP contribution in [-0.4, -0.2) is 45.0 Å². The molecule has 8 heteroatoms. The second kappa shape index (κ2) is 8.19. The summed E-state index contributed by atoms with van der Waals surface area (Å²) in [4.78, 5) is 19.3. The molecule has 1 unspecified atom stereocenters. The molecule has 1 saturated carbocycles. The van der Waals surface area contributed by atoms with Crippen molar-refractivity contribution in [3.8, 4) is 11.3 Å². The van der Waals surface area contributed by atoms with Gasteiger partial charge in [-0.25, -0.2) is 4.98 Å². The van der Waals surface area contributed by atoms with E-state index in [4.69, 9.17) is 16.6 Å². The standard InChI is InChI=1S/C22H23BrClN5O/c23-17-12-26-29-20(10-19(27-21(17)29)16-5-1-2-6-18(16)24)25-11-14-4-3-9-28(13-14)22(30)15-7-8-15/h1-2,5-6,10,12,14-15,25H,3-4,7-9,11,13H2. The minimum atomic E-state index is 0.288. The predicted octanol–water partition coefficient (Wildman–Crippen LogP) is 4.87. The Balaban J connectivity index is 1.38. The van der Waals surface area contributed by atoms with Crippen molar-refractivity contribution in [3.05, 3.63) is 46.0 Å². The summed E-state index contributed by atoms with van der Waals surface area (Å²) in [5.74, 6) is 1.93. The first-order valence-electron chi connectivity index (χ1n) is 10.4. The number of aromatic nitrogens is 3. The molecule has 5 rings (SSSR count). The number of amides is 1. The summed E-state index contributed by atoms with van der Waals surface area (Å²) in [5, 5.41) is 8.69. The highest BCUT2D eigenvalue weighted by atomic mass is 79.9. The van der Waals surface area contributed by atoms with E-state index in [2.05, 4.69) is 31.2 Å². The zero-order valence-corrected chi connectivity index (χ0v) is 18.9. The van der Waals surface area contributed by atoms with Gasteiger partial charge in [0.05, 0.1) is 16.4 Å². The van der Waals surface area contributed by atoms with Crippen LogP contribution in [0, 0.1) is 11.8 Å². The zero-order valence-electron chi connectivity index (χ0n) is 16.5. The van der Waals surface area contributed by atoms with Gasteiger partial charge in [0.2, 0.25) is 5.91 Å². The number of halogens is 2. The molecular weight excluding hydrogens is 466 g/mol. The van der Waals surface area contributed by atoms with Crippen LogP contribution in [0.25, 0.3) is 16.9 Å². The SMILES string of the molecule is O=C(C1CC1)N1CCCC(CNc2cc(-c3ccccc3Cl)nc3c(Br)cnn23)C1. The summed E-state index contributed by atoms with van der Waals surface area (Å²) in [6.45, 7) is 2.51. The molecule has 2 aliphatic rings. The molecule has 1 aliphatic carbocycles. The minimum Gasteiger partial charge on any atom is -0.370 e. The van der Waals surface area contributed by atoms with E-state index in [0.29, 0.717) is 16.8 Å². The lowest BCUT2D eigenvalue weighted by Crippen LogP contribution is -2.42. The van der Waals surface area contributed by atoms with Crippen molar-refractivity contribution in [1.82, 2.24) is 19.5 Å². The number of hydrogen-bond donors (Lipinski definition) is 1. The zero-order chi connectivity index (χ0) is 20.7. The summed E-state index contributed by atoms with van der Waals surface area (Å²) in [7, 11) is 0. The summed E-state index contributed by atoms with van der Waals surface area (Å²) < 4.78 is 2.64. The van der Waals surface area contributed by atoms with Gasteiger partial charge in [0.25, 0.3) is 0 Å². The average molecular weight is 489 g/mol. The predicted molar refractivity (Wildman–Crippen MR) is 122 cm³/mol. The maximum atomic E-state index is 12.5. The van der Waals surface area contributed by atoms with Gasteiger partial charge in [-0.15, -0.1) is 0 Å². The van der Waals surface area contributed by atoms with Crippen molar-refractivity contribution < 1.29 is 4.79 Å². The van der Waals surface area contributed by atoms with Gasteiger partial charge in [-0.1, -0.05) is 29.8 Å². The fourth-order valence-electron chi connectivity index (χ4n) is 4.14. The molecule has 2 fully saturated rings. The van der Waals surface area contributed by atoms with Crippen molar-refractivity contribution in [3.63, 3.8) is 0 Å². The van der Waals surface area contributed by atoms with Gasteiger partial charge in [0.15, 0.2) is 5.65 Å². The van der Waals surface area contributed by atoms with Crippen LogP contribution >= 0.6 is 27.5 Å². The van der Waals surface area contributed by atoms with Crippen LogP contribution < -0.4 is 5.32 Å². The normalized spacial score (nSPS) is 19.3. The van der Waals surface area contributed by atoms with Crippen molar-refractivity contribution in [1.29, 1.82) is 0 Å². The largest absolute Gasteiger partial charge is 0.370 e. The topological polar surface area (TPSA) is 62.5 Å². The van der Waals surface area contributed by atoms with Gasteiger partial charge < -0.3 is 10.2 Å². The monoisotopic (exact) mass is 487 g/mol. The molecule has 1 aliphatic heterocycles. The summed E-state index contributed by atoms with van der Waals surface area (Å²) in [5.41, 5.74) is 2.42. The molecule has 3 heterocycles. The van der Waals surface area contributed by atoms with Crippen molar-refractivity contribution in [2.24, 2.45) is 11.8 Å². The number of piperidine rings is 1. The van der Waals surface area contributed by atoms with Gasteiger partial charge in [-0.05, 0) is 53.6 Å². The number of fused-ring (bicyclic) bond motifs is 1. The van der Waals surface area contributed by atoms with E-state index < -0.39 is 0 Å². The van der Waals surface area contributed by atoms with Crippen LogP contribution in [0.15, 0.2) is 41.0 Å². The average Bonchev–Trinajstić information content (AvgIpc) is 3.55. The Morgan fingerprint density at radius 2 is 2.10 bits per heavy atom. The number of nitrogens with one attached hydrogen (secondary N) is 1. The Kier molecular flexibility index (Phi) is 5.41. The molecule has 1 saturated heterocycles. The van der Waals surface area contributed by atoms with E-state index in [9.17, 15) is 4.79 Å². The number of anilines is 1. The summed E-state index contributed by atoms with van der Waals surface area (Å²) in [6.07, 6.45) is 6.06. The number of carbonyl (C=O) groups is 1. The third kappa shape index (κ3) is 3.93. The molecule has 0 radical (unpaired) electrons. The lowest BCUT2D eigenvalue weighted by atomic mass is 9.97. The van der Waals surface area contributed by atoms with E-state index in [1.807, 2.05) is 30.3 Å². The van der Waals surface area contributed by atoms with Gasteiger partial charge in [0, 0.05) is 42.2 Å². The lowest BCUT2D eigenvalue weighted by Gasteiger charge is -2.33. The maximum Gasteiger partial charge on any atom is 0.225 e. The fourth-order valence-corrected chi connectivity index (χ4v) is 4.72. The van der Waals surface area contributed by atoms with Crippen molar-refractivity contribution >= 4 is 44.9 Å². The maximum absolute atomic E-state index is 12.5. The minimum absolute atomic E-state index is 0.288. The smallest absolute Gasteiger partial charge is 0.225 e. The first-order valence-corrected chi connectivity index (χ1v) is 11.6. The van der Waals surface area contributed by atoms with E-state index in [-0.39, 0.29) is 5.92 Å². The summed E-state index contributed by atoms with van der Waals surface area (Å²) in [6, 6.07) is 9.70. The highest BCUT2D eigenvalue weighted by molar-refractivity contribution is 9.10. The first kappa shape index (κ1) is 19.8. The molecule has 0 spiro atoms. The third-order valence-electron chi connectivity index (χ3n) is 5.91. The van der Waals surface area contributed by atoms with Gasteiger partial charge >= 0.3 is 0 Å². The lowest BCUT2D eigenvalue weighted by molar-refractivity contribution is -0.134. The Bertz CT molecular complexity index is 1100. The Hall–Kier alpha value is -2.12. The molecule has 156 valence electrons. The Morgan fingerprint density at radius 1 is 1.27 bits per heavy atom. The number of carbonyl (C=O) groups excluding carboxylic acids is 1. The number of hydrogen-bond acceptors (Lipinski definition) is 4.